The fourth-order valence-electron chi connectivity index (χ4n) is 0. The van der Waals surface area contributed by atoms with Crippen molar-refractivity contribution in [3.05, 3.63) is 0 Å². The lowest BCUT2D eigenvalue weighted by atomic mass is 11.6. The summed E-state index contributed by atoms with van der Waals surface area (Å²) in [5.74, 6) is 0. The molecule has 0 aromatic heterocycles. The Hall–Kier alpha value is 0.210. The van der Waals surface area contributed by atoms with Gasteiger partial charge in [0.25, 0.3) is 0 Å². The molecule has 0 saturated carbocycles. The Bertz CT molecular complexity index is 10.0. The number of hydrogen-bond donors (Lipinski definition) is 1. The van der Waals surface area contributed by atoms with Gasteiger partial charge in [0.05, 0.1) is 11.9 Å². The van der Waals surface area contributed by atoms with Gasteiger partial charge in [0, 0.05) is 7.05 Å². The molecule has 0 rings (SSSR count). The zero-order chi connectivity index (χ0) is 3.41. The van der Waals surface area contributed by atoms with Crippen molar-refractivity contribution in [3.8, 4) is 0 Å². The minimum absolute atomic E-state index is 1.58. The van der Waals surface area contributed by atoms with Crippen LogP contribution in [0.2, 0.25) is 0 Å². The van der Waals surface area contributed by atoms with Crippen molar-refractivity contribution < 1.29 is 4.39 Å². The molecule has 0 aliphatic carbocycles. The minimum Gasteiger partial charge on any atom is -0.191 e. The van der Waals surface area contributed by atoms with Crippen molar-refractivity contribution in [2.24, 2.45) is 0 Å². The Labute approximate surface area is 29.8 Å². The number of halogens is 1. The number of hydroxylamine groups is 1. The molecule has 0 aromatic rings. The predicted molar refractivity (Wildman–Crippen MR) is 16.0 cm³/mol. The number of nitrogens with one attached hydrogen (secondary N) is 1. The maximum Gasteiger partial charge on any atom is 0.0837 e. The van der Waals surface area contributed by atoms with Gasteiger partial charge >= 0.3 is 0 Å². The predicted octanol–water partition coefficient (Wildman–Crippen LogP) is 0.291. The van der Waals surface area contributed by atoms with E-state index in [2.05, 4.69) is 21.7 Å². The summed E-state index contributed by atoms with van der Waals surface area (Å²) in [5.41, 5.74) is 2.20. The van der Waals surface area contributed by atoms with Crippen LogP contribution in [-0.4, -0.2) is 7.05 Å². The zero-order valence-corrected chi connectivity index (χ0v) is 3.04. The average molecular weight is 81.5 g/mol. The molecule has 0 aliphatic rings. The van der Waals surface area contributed by atoms with Gasteiger partial charge in [-0.3, -0.25) is 0 Å². The van der Waals surface area contributed by atoms with E-state index in [0.29, 0.717) is 0 Å². The van der Waals surface area contributed by atoms with Crippen LogP contribution in [0.1, 0.15) is 0 Å². The number of rotatable bonds is 1. The van der Waals surface area contributed by atoms with Gasteiger partial charge in [-0.1, -0.05) is 0 Å². The van der Waals surface area contributed by atoms with Crippen molar-refractivity contribution >= 4 is 11.9 Å². The Balaban J connectivity index is 1.97. The van der Waals surface area contributed by atoms with E-state index >= 15 is 0 Å². The highest BCUT2D eigenvalue weighted by molar-refractivity contribution is 6.07. The third-order valence-corrected chi connectivity index (χ3v) is 0.231. The van der Waals surface area contributed by atoms with E-state index in [1.165, 1.54) is 0 Å². The van der Waals surface area contributed by atoms with Gasteiger partial charge in [-0.15, -0.1) is 0 Å². The van der Waals surface area contributed by atoms with Crippen molar-refractivity contribution in [1.82, 2.24) is 5.48 Å². The maximum absolute atomic E-state index is 4.57. The molecule has 0 radical (unpaired) electrons. The summed E-state index contributed by atoms with van der Waals surface area (Å²) >= 11 is 4.57. The Morgan fingerprint density at radius 1 is 2.00 bits per heavy atom. The summed E-state index contributed by atoms with van der Waals surface area (Å²) in [6.45, 7) is 0. The molecular formula is CH4ClNO. The van der Waals surface area contributed by atoms with Gasteiger partial charge < -0.3 is 0 Å². The average Bonchev–Trinajstić information content (AvgIpc) is 1.37. The van der Waals surface area contributed by atoms with Crippen molar-refractivity contribution in [3.63, 3.8) is 0 Å². The van der Waals surface area contributed by atoms with Crippen LogP contribution < -0.4 is 5.48 Å². The Kier molecular flexibility index (Phi) is 3.38. The molecule has 0 unspecified atom stereocenters. The minimum atomic E-state index is 1.58. The van der Waals surface area contributed by atoms with Gasteiger partial charge in [0.2, 0.25) is 0 Å². The summed E-state index contributed by atoms with van der Waals surface area (Å²) in [5, 5.41) is 0. The van der Waals surface area contributed by atoms with Gasteiger partial charge in [-0.05, 0) is 0 Å². The second-order valence-electron chi connectivity index (χ2n) is 0.281. The van der Waals surface area contributed by atoms with E-state index in [4.69, 9.17) is 0 Å². The van der Waals surface area contributed by atoms with Crippen LogP contribution in [0.25, 0.3) is 0 Å². The molecule has 0 fully saturated rings. The quantitative estimate of drug-likeness (QED) is 0.458. The number of hydrogen-bond acceptors (Lipinski definition) is 2. The molecule has 0 amide bonds. The first kappa shape index (κ1) is 4.21. The molecule has 0 aliphatic heterocycles. The monoisotopic (exact) mass is 81.0 g/mol. The molecule has 1 N–H and O–H groups in total. The highest BCUT2D eigenvalue weighted by atomic mass is 35.5. The van der Waals surface area contributed by atoms with Crippen LogP contribution in [-0.2, 0) is 4.39 Å². The summed E-state index contributed by atoms with van der Waals surface area (Å²) in [6, 6.07) is 0. The van der Waals surface area contributed by atoms with E-state index in [1.54, 1.807) is 7.05 Å². The Morgan fingerprint density at radius 3 is 2.25 bits per heavy atom. The van der Waals surface area contributed by atoms with E-state index < -0.39 is 0 Å². The van der Waals surface area contributed by atoms with Crippen LogP contribution in [0.5, 0.6) is 0 Å². The summed E-state index contributed by atoms with van der Waals surface area (Å²) in [4.78, 5) is 0. The molecular weight excluding hydrogens is 77.5 g/mol. The molecule has 4 heavy (non-hydrogen) atoms. The van der Waals surface area contributed by atoms with E-state index in [9.17, 15) is 0 Å². The molecule has 0 spiro atoms. The van der Waals surface area contributed by atoms with E-state index in [1.807, 2.05) is 0 Å². The molecule has 0 saturated heterocycles. The zero-order valence-electron chi connectivity index (χ0n) is 2.29. The largest absolute Gasteiger partial charge is 0.191 e. The van der Waals surface area contributed by atoms with Crippen molar-refractivity contribution in [2.45, 2.75) is 0 Å². The summed E-state index contributed by atoms with van der Waals surface area (Å²) < 4.78 is 3.76. The summed E-state index contributed by atoms with van der Waals surface area (Å²) in [7, 11) is 1.58. The van der Waals surface area contributed by atoms with Gasteiger partial charge in [0.1, 0.15) is 0 Å². The SMILES string of the molecule is CNOCl. The van der Waals surface area contributed by atoms with Crippen LogP contribution >= 0.6 is 11.9 Å². The smallest absolute Gasteiger partial charge is 0.0837 e. The topological polar surface area (TPSA) is 21.3 Å². The second kappa shape index (κ2) is 3.21. The van der Waals surface area contributed by atoms with Gasteiger partial charge in [-0.25, -0.2) is 0 Å². The third-order valence-electron chi connectivity index (χ3n) is 0.0772. The normalized spacial score (nSPS) is 7.50. The van der Waals surface area contributed by atoms with Crippen LogP contribution in [0.3, 0.4) is 0 Å². The molecule has 0 bridgehead atoms. The van der Waals surface area contributed by atoms with E-state index in [0.717, 1.165) is 0 Å². The van der Waals surface area contributed by atoms with E-state index in [-0.39, 0.29) is 0 Å². The molecule has 3 heteroatoms. The summed E-state index contributed by atoms with van der Waals surface area (Å²) in [6.07, 6.45) is 0. The standard InChI is InChI=1S/CH4ClNO/c1-3-4-2/h3H,1H3. The highest BCUT2D eigenvalue weighted by Gasteiger charge is 1.50. The van der Waals surface area contributed by atoms with Crippen molar-refractivity contribution in [2.75, 3.05) is 7.05 Å². The van der Waals surface area contributed by atoms with Gasteiger partial charge in [-0.2, -0.15) is 9.87 Å². The fraction of sp³-hybridized carbons (Fsp3) is 1.00. The third kappa shape index (κ3) is 2.21. The second-order valence-corrected chi connectivity index (χ2v) is 0.436. The highest BCUT2D eigenvalue weighted by Crippen LogP contribution is 1.60. The van der Waals surface area contributed by atoms with Crippen LogP contribution in [0.4, 0.5) is 0 Å². The molecule has 0 heterocycles. The van der Waals surface area contributed by atoms with Crippen LogP contribution in [0, 0.1) is 0 Å². The Morgan fingerprint density at radius 2 is 2.25 bits per heavy atom. The molecule has 2 nitrogen and oxygen atoms in total. The molecule has 0 aromatic carbocycles. The van der Waals surface area contributed by atoms with Gasteiger partial charge in [0.15, 0.2) is 0 Å². The first-order chi connectivity index (χ1) is 1.91. The first-order valence-electron chi connectivity index (χ1n) is 0.858. The van der Waals surface area contributed by atoms with Crippen molar-refractivity contribution in [1.29, 1.82) is 0 Å². The lowest BCUT2D eigenvalue weighted by Crippen LogP contribution is -1.95. The lowest BCUT2D eigenvalue weighted by molar-refractivity contribution is 0.251. The first-order valence-corrected chi connectivity index (χ1v) is 1.17. The van der Waals surface area contributed by atoms with Crippen LogP contribution in [0.15, 0.2) is 0 Å². The molecule has 26 valence electrons. The fourth-order valence-corrected chi connectivity index (χ4v) is 0. The lowest BCUT2D eigenvalue weighted by Gasteiger charge is -1.75. The molecule has 0 atom stereocenters. The maximum atomic E-state index is 4.57.